The van der Waals surface area contributed by atoms with Crippen molar-refractivity contribution >= 4 is 10.8 Å². The summed E-state index contributed by atoms with van der Waals surface area (Å²) in [5, 5.41) is 0. The van der Waals surface area contributed by atoms with Crippen LogP contribution in [0.2, 0.25) is 0 Å². The van der Waals surface area contributed by atoms with Crippen molar-refractivity contribution in [2.24, 2.45) is 11.7 Å². The van der Waals surface area contributed by atoms with Gasteiger partial charge >= 0.3 is 0 Å². The minimum atomic E-state index is -1.05. The van der Waals surface area contributed by atoms with Gasteiger partial charge in [0.1, 0.15) is 13.2 Å². The fraction of sp³-hybridized carbons (Fsp3) is 0.538. The standard InChI is InChI=1S/C13H17NO3S/c14-11(9-1-2-9)8-18(15)10-3-4-12-13(7-10)17-6-5-16-12/h3-4,7,9,11H,1-2,5-6,8,14H2. The van der Waals surface area contributed by atoms with Crippen molar-refractivity contribution in [1.29, 1.82) is 0 Å². The Morgan fingerprint density at radius 1 is 1.28 bits per heavy atom. The third-order valence-electron chi connectivity index (χ3n) is 3.35. The molecule has 0 bridgehead atoms. The van der Waals surface area contributed by atoms with Gasteiger partial charge in [0.25, 0.3) is 0 Å². The quantitative estimate of drug-likeness (QED) is 0.893. The summed E-state index contributed by atoms with van der Waals surface area (Å²) in [5.74, 6) is 2.52. The second-order valence-corrected chi connectivity index (χ2v) is 6.31. The first-order valence-corrected chi connectivity index (χ1v) is 7.59. The van der Waals surface area contributed by atoms with Gasteiger partial charge in [-0.25, -0.2) is 0 Å². The van der Waals surface area contributed by atoms with Crippen LogP contribution in [0, 0.1) is 5.92 Å². The average Bonchev–Trinajstić information content (AvgIpc) is 3.22. The number of ether oxygens (including phenoxy) is 2. The monoisotopic (exact) mass is 267 g/mol. The Morgan fingerprint density at radius 3 is 2.72 bits per heavy atom. The molecule has 98 valence electrons. The Labute approximate surface area is 109 Å². The zero-order chi connectivity index (χ0) is 12.5. The predicted octanol–water partition coefficient (Wildman–Crippen LogP) is 1.30. The second-order valence-electron chi connectivity index (χ2n) is 4.82. The summed E-state index contributed by atoms with van der Waals surface area (Å²) in [4.78, 5) is 0.773. The lowest BCUT2D eigenvalue weighted by Gasteiger charge is -2.19. The Balaban J connectivity index is 1.72. The summed E-state index contributed by atoms with van der Waals surface area (Å²) in [5.41, 5.74) is 6.01. The summed E-state index contributed by atoms with van der Waals surface area (Å²) in [6.07, 6.45) is 2.36. The first-order valence-electron chi connectivity index (χ1n) is 6.27. The van der Waals surface area contributed by atoms with Gasteiger partial charge in [-0.15, -0.1) is 0 Å². The smallest absolute Gasteiger partial charge is 0.162 e. The zero-order valence-corrected chi connectivity index (χ0v) is 10.9. The Hall–Kier alpha value is -1.07. The minimum absolute atomic E-state index is 0.0547. The molecule has 1 heterocycles. The molecule has 0 saturated heterocycles. The predicted molar refractivity (Wildman–Crippen MR) is 69.4 cm³/mol. The largest absolute Gasteiger partial charge is 0.486 e. The maximum atomic E-state index is 12.2. The molecule has 1 aromatic carbocycles. The molecular formula is C13H17NO3S. The molecule has 18 heavy (non-hydrogen) atoms. The van der Waals surface area contributed by atoms with Crippen LogP contribution in [0.1, 0.15) is 12.8 Å². The lowest BCUT2D eigenvalue weighted by molar-refractivity contribution is 0.171. The summed E-state index contributed by atoms with van der Waals surface area (Å²) in [7, 11) is -1.05. The Bertz CT molecular complexity index is 473. The summed E-state index contributed by atoms with van der Waals surface area (Å²) in [6, 6.07) is 5.52. The van der Waals surface area contributed by atoms with E-state index >= 15 is 0 Å². The molecule has 1 aromatic rings. The molecule has 1 aliphatic carbocycles. The van der Waals surface area contributed by atoms with Gasteiger partial charge in [0.15, 0.2) is 11.5 Å². The average molecular weight is 267 g/mol. The highest BCUT2D eigenvalue weighted by atomic mass is 32.2. The third-order valence-corrected chi connectivity index (χ3v) is 4.82. The number of benzene rings is 1. The van der Waals surface area contributed by atoms with Crippen LogP contribution in [-0.2, 0) is 10.8 Å². The van der Waals surface area contributed by atoms with E-state index in [1.165, 1.54) is 12.8 Å². The highest BCUT2D eigenvalue weighted by Gasteiger charge is 2.30. The highest BCUT2D eigenvalue weighted by molar-refractivity contribution is 7.85. The highest BCUT2D eigenvalue weighted by Crippen LogP contribution is 2.34. The third kappa shape index (κ3) is 2.52. The number of nitrogens with two attached hydrogens (primary N) is 1. The van der Waals surface area contributed by atoms with Crippen molar-refractivity contribution in [3.8, 4) is 11.5 Å². The molecule has 3 rings (SSSR count). The molecule has 0 aromatic heterocycles. The van der Waals surface area contributed by atoms with E-state index in [2.05, 4.69) is 0 Å². The van der Waals surface area contributed by atoms with Gasteiger partial charge in [-0.05, 0) is 30.9 Å². The molecule has 0 spiro atoms. The first kappa shape index (κ1) is 12.0. The topological polar surface area (TPSA) is 61.6 Å². The molecule has 0 amide bonds. The Kier molecular flexibility index (Phi) is 3.26. The lowest BCUT2D eigenvalue weighted by atomic mass is 10.2. The molecule has 0 radical (unpaired) electrons. The van der Waals surface area contributed by atoms with Gasteiger partial charge in [-0.3, -0.25) is 4.21 Å². The number of rotatable bonds is 4. The fourth-order valence-corrected chi connectivity index (χ4v) is 3.37. The van der Waals surface area contributed by atoms with E-state index in [-0.39, 0.29) is 6.04 Å². The molecule has 2 N–H and O–H groups in total. The van der Waals surface area contributed by atoms with E-state index in [1.807, 2.05) is 18.2 Å². The van der Waals surface area contributed by atoms with E-state index in [1.54, 1.807) is 0 Å². The fourth-order valence-electron chi connectivity index (χ4n) is 2.10. The van der Waals surface area contributed by atoms with Crippen LogP contribution in [0.25, 0.3) is 0 Å². The van der Waals surface area contributed by atoms with Crippen LogP contribution in [0.15, 0.2) is 23.1 Å². The van der Waals surface area contributed by atoms with Crippen molar-refractivity contribution in [3.05, 3.63) is 18.2 Å². The molecule has 2 aliphatic rings. The van der Waals surface area contributed by atoms with Gasteiger partial charge in [0.05, 0.1) is 10.8 Å². The van der Waals surface area contributed by atoms with Crippen molar-refractivity contribution in [2.45, 2.75) is 23.8 Å². The summed E-state index contributed by atoms with van der Waals surface area (Å²) in [6.45, 7) is 1.12. The normalized spacial score (nSPS) is 21.4. The zero-order valence-electron chi connectivity index (χ0n) is 10.1. The molecule has 5 heteroatoms. The molecule has 2 atom stereocenters. The van der Waals surface area contributed by atoms with Crippen LogP contribution in [0.5, 0.6) is 11.5 Å². The second kappa shape index (κ2) is 4.90. The maximum Gasteiger partial charge on any atom is 0.162 e. The van der Waals surface area contributed by atoms with Gasteiger partial charge in [0.2, 0.25) is 0 Å². The van der Waals surface area contributed by atoms with E-state index < -0.39 is 10.8 Å². The van der Waals surface area contributed by atoms with Crippen molar-refractivity contribution in [1.82, 2.24) is 0 Å². The number of hydrogen-bond acceptors (Lipinski definition) is 4. The van der Waals surface area contributed by atoms with Gasteiger partial charge in [-0.2, -0.15) is 0 Å². The van der Waals surface area contributed by atoms with E-state index in [0.717, 1.165) is 10.6 Å². The van der Waals surface area contributed by atoms with Crippen molar-refractivity contribution in [3.63, 3.8) is 0 Å². The van der Waals surface area contributed by atoms with Crippen LogP contribution >= 0.6 is 0 Å². The molecule has 4 nitrogen and oxygen atoms in total. The lowest BCUT2D eigenvalue weighted by Crippen LogP contribution is -2.29. The van der Waals surface area contributed by atoms with Gasteiger partial charge < -0.3 is 15.2 Å². The van der Waals surface area contributed by atoms with Crippen LogP contribution in [0.4, 0.5) is 0 Å². The number of fused-ring (bicyclic) bond motifs is 1. The first-order chi connectivity index (χ1) is 8.74. The van der Waals surface area contributed by atoms with Crippen LogP contribution < -0.4 is 15.2 Å². The maximum absolute atomic E-state index is 12.2. The molecule has 1 saturated carbocycles. The van der Waals surface area contributed by atoms with Crippen molar-refractivity contribution < 1.29 is 13.7 Å². The molecular weight excluding hydrogens is 250 g/mol. The van der Waals surface area contributed by atoms with Gasteiger partial charge in [-0.1, -0.05) is 0 Å². The number of hydrogen-bond donors (Lipinski definition) is 1. The van der Waals surface area contributed by atoms with Gasteiger partial charge in [0, 0.05) is 22.8 Å². The Morgan fingerprint density at radius 2 is 2.00 bits per heavy atom. The van der Waals surface area contributed by atoms with E-state index in [0.29, 0.717) is 30.6 Å². The molecule has 2 unspecified atom stereocenters. The minimum Gasteiger partial charge on any atom is -0.486 e. The summed E-state index contributed by atoms with van der Waals surface area (Å²) >= 11 is 0. The summed E-state index contributed by atoms with van der Waals surface area (Å²) < 4.78 is 23.1. The molecule has 1 fully saturated rings. The van der Waals surface area contributed by atoms with Crippen LogP contribution in [0.3, 0.4) is 0 Å². The van der Waals surface area contributed by atoms with E-state index in [9.17, 15) is 4.21 Å². The van der Waals surface area contributed by atoms with Crippen molar-refractivity contribution in [2.75, 3.05) is 19.0 Å². The SMILES string of the molecule is NC(CS(=O)c1ccc2c(c1)OCCO2)C1CC1. The molecule has 1 aliphatic heterocycles. The van der Waals surface area contributed by atoms with E-state index in [4.69, 9.17) is 15.2 Å². The van der Waals surface area contributed by atoms with Crippen LogP contribution in [-0.4, -0.2) is 29.2 Å².